The summed E-state index contributed by atoms with van der Waals surface area (Å²) in [7, 11) is -0.249. The van der Waals surface area contributed by atoms with E-state index in [4.69, 9.17) is 14.0 Å². The van der Waals surface area contributed by atoms with Gasteiger partial charge in [-0.05, 0) is 49.7 Å². The molecular formula is C20H33BO3. The molecule has 0 radical (unpaired) electrons. The summed E-state index contributed by atoms with van der Waals surface area (Å²) in [5.41, 5.74) is 1.07. The highest BCUT2D eigenvalue weighted by molar-refractivity contribution is 6.61. The summed E-state index contributed by atoms with van der Waals surface area (Å²) in [6.07, 6.45) is 7.51. The molecule has 1 saturated heterocycles. The van der Waals surface area contributed by atoms with Crippen molar-refractivity contribution in [3.05, 3.63) is 24.3 Å². The number of hydrogen-bond acceptors (Lipinski definition) is 3. The average molecular weight is 332 g/mol. The lowest BCUT2D eigenvalue weighted by Gasteiger charge is -2.32. The molecule has 0 saturated carbocycles. The molecule has 1 heterocycles. The normalized spacial score (nSPS) is 22.4. The molecule has 1 aliphatic rings. The summed E-state index contributed by atoms with van der Waals surface area (Å²) in [5, 5.41) is 0. The van der Waals surface area contributed by atoms with Crippen molar-refractivity contribution in [2.75, 3.05) is 6.61 Å². The maximum absolute atomic E-state index is 6.03. The summed E-state index contributed by atoms with van der Waals surface area (Å²) >= 11 is 0. The van der Waals surface area contributed by atoms with Gasteiger partial charge in [0.2, 0.25) is 0 Å². The SMILES string of the molecule is CCCCC(CC)COc1ccc(B2OC(C)CC(CC)O2)cc1. The number of benzene rings is 1. The molecule has 1 fully saturated rings. The highest BCUT2D eigenvalue weighted by atomic mass is 16.6. The van der Waals surface area contributed by atoms with Crippen LogP contribution in [0, 0.1) is 5.92 Å². The molecule has 4 heteroatoms. The molecule has 3 unspecified atom stereocenters. The van der Waals surface area contributed by atoms with E-state index in [0.717, 1.165) is 30.7 Å². The van der Waals surface area contributed by atoms with E-state index in [0.29, 0.717) is 12.0 Å². The molecule has 1 aromatic carbocycles. The third-order valence-corrected chi connectivity index (χ3v) is 4.90. The van der Waals surface area contributed by atoms with Crippen LogP contribution in [0.2, 0.25) is 0 Å². The van der Waals surface area contributed by atoms with Crippen LogP contribution in [0.4, 0.5) is 0 Å². The molecule has 0 N–H and O–H groups in total. The summed E-state index contributed by atoms with van der Waals surface area (Å²) in [5.74, 6) is 1.59. The Morgan fingerprint density at radius 3 is 2.54 bits per heavy atom. The van der Waals surface area contributed by atoms with Gasteiger partial charge in [0, 0.05) is 12.2 Å². The van der Waals surface area contributed by atoms with Gasteiger partial charge in [0.15, 0.2) is 0 Å². The van der Waals surface area contributed by atoms with Gasteiger partial charge in [0.1, 0.15) is 5.75 Å². The van der Waals surface area contributed by atoms with E-state index < -0.39 is 0 Å². The van der Waals surface area contributed by atoms with Crippen molar-refractivity contribution in [1.29, 1.82) is 0 Å². The Kier molecular flexibility index (Phi) is 8.13. The summed E-state index contributed by atoms with van der Waals surface area (Å²) in [6, 6.07) is 8.21. The van der Waals surface area contributed by atoms with Crippen LogP contribution in [-0.2, 0) is 9.31 Å². The Labute approximate surface area is 148 Å². The van der Waals surface area contributed by atoms with Gasteiger partial charge in [-0.3, -0.25) is 0 Å². The number of rotatable bonds is 9. The molecule has 1 aromatic rings. The van der Waals surface area contributed by atoms with Crippen molar-refractivity contribution in [3.8, 4) is 5.75 Å². The van der Waals surface area contributed by atoms with Crippen LogP contribution in [-0.4, -0.2) is 25.9 Å². The fourth-order valence-corrected chi connectivity index (χ4v) is 3.15. The van der Waals surface area contributed by atoms with E-state index in [-0.39, 0.29) is 13.2 Å². The van der Waals surface area contributed by atoms with Crippen LogP contribution in [0.1, 0.15) is 66.2 Å². The Hall–Kier alpha value is -0.995. The third-order valence-electron chi connectivity index (χ3n) is 4.90. The standard InChI is InChI=1S/C20H33BO3/c1-5-8-9-17(6-2)15-22-20-12-10-18(11-13-20)21-23-16(4)14-19(7-3)24-21/h10-13,16-17,19H,5-9,14-15H2,1-4H3. The molecule has 2 rings (SSSR count). The second-order valence-corrected chi connectivity index (χ2v) is 6.98. The van der Waals surface area contributed by atoms with Crippen molar-refractivity contribution in [2.45, 2.75) is 78.4 Å². The van der Waals surface area contributed by atoms with E-state index in [2.05, 4.69) is 39.8 Å². The fourth-order valence-electron chi connectivity index (χ4n) is 3.15. The van der Waals surface area contributed by atoms with Crippen molar-refractivity contribution in [3.63, 3.8) is 0 Å². The third kappa shape index (κ3) is 5.82. The Bertz CT molecular complexity index is 462. The van der Waals surface area contributed by atoms with Crippen LogP contribution in [0.15, 0.2) is 24.3 Å². The maximum Gasteiger partial charge on any atom is 0.494 e. The van der Waals surface area contributed by atoms with Crippen molar-refractivity contribution >= 4 is 12.6 Å². The van der Waals surface area contributed by atoms with E-state index in [1.807, 2.05) is 12.1 Å². The Morgan fingerprint density at radius 2 is 1.92 bits per heavy atom. The molecule has 1 aliphatic heterocycles. The van der Waals surface area contributed by atoms with Gasteiger partial charge in [0.25, 0.3) is 0 Å². The summed E-state index contributed by atoms with van der Waals surface area (Å²) < 4.78 is 18.0. The van der Waals surface area contributed by atoms with Crippen molar-refractivity contribution in [1.82, 2.24) is 0 Å². The lowest BCUT2D eigenvalue weighted by atomic mass is 9.76. The monoisotopic (exact) mass is 332 g/mol. The molecule has 24 heavy (non-hydrogen) atoms. The predicted octanol–water partition coefficient (Wildman–Crippen LogP) is 4.58. The lowest BCUT2D eigenvalue weighted by molar-refractivity contribution is 0.0295. The highest BCUT2D eigenvalue weighted by Gasteiger charge is 2.32. The molecule has 0 amide bonds. The van der Waals surface area contributed by atoms with Crippen LogP contribution < -0.4 is 10.2 Å². The van der Waals surface area contributed by atoms with E-state index in [1.165, 1.54) is 25.7 Å². The van der Waals surface area contributed by atoms with Gasteiger partial charge in [-0.1, -0.05) is 52.2 Å². The molecule has 134 valence electrons. The Morgan fingerprint density at radius 1 is 1.17 bits per heavy atom. The first-order valence-electron chi connectivity index (χ1n) is 9.69. The van der Waals surface area contributed by atoms with Crippen LogP contribution in [0.5, 0.6) is 5.75 Å². The zero-order chi connectivity index (χ0) is 17.4. The number of ether oxygens (including phenoxy) is 1. The minimum Gasteiger partial charge on any atom is -0.493 e. The van der Waals surface area contributed by atoms with Gasteiger partial charge in [-0.2, -0.15) is 0 Å². The minimum absolute atomic E-state index is 0.244. The second kappa shape index (κ2) is 10.1. The zero-order valence-corrected chi connectivity index (χ0v) is 15.8. The van der Waals surface area contributed by atoms with Crippen molar-refractivity contribution in [2.24, 2.45) is 5.92 Å². The molecule has 3 atom stereocenters. The van der Waals surface area contributed by atoms with E-state index >= 15 is 0 Å². The second-order valence-electron chi connectivity index (χ2n) is 6.98. The Balaban J connectivity index is 1.88. The average Bonchev–Trinajstić information content (AvgIpc) is 2.61. The van der Waals surface area contributed by atoms with Gasteiger partial charge in [0.05, 0.1) is 6.61 Å². The molecule has 0 spiro atoms. The topological polar surface area (TPSA) is 27.7 Å². The van der Waals surface area contributed by atoms with Crippen molar-refractivity contribution < 1.29 is 14.0 Å². The first kappa shape index (κ1) is 19.3. The van der Waals surface area contributed by atoms with Gasteiger partial charge in [-0.15, -0.1) is 0 Å². The predicted molar refractivity (Wildman–Crippen MR) is 101 cm³/mol. The minimum atomic E-state index is -0.249. The first-order valence-corrected chi connectivity index (χ1v) is 9.69. The molecule has 0 bridgehead atoms. The largest absolute Gasteiger partial charge is 0.494 e. The smallest absolute Gasteiger partial charge is 0.493 e. The van der Waals surface area contributed by atoms with Crippen LogP contribution in [0.3, 0.4) is 0 Å². The molecule has 0 aliphatic carbocycles. The van der Waals surface area contributed by atoms with Gasteiger partial charge in [-0.25, -0.2) is 0 Å². The van der Waals surface area contributed by atoms with E-state index in [1.54, 1.807) is 0 Å². The van der Waals surface area contributed by atoms with Crippen LogP contribution >= 0.6 is 0 Å². The first-order chi connectivity index (χ1) is 11.7. The summed E-state index contributed by atoms with van der Waals surface area (Å²) in [6.45, 7) is 9.58. The molecule has 3 nitrogen and oxygen atoms in total. The zero-order valence-electron chi connectivity index (χ0n) is 15.8. The fraction of sp³-hybridized carbons (Fsp3) is 0.700. The van der Waals surface area contributed by atoms with E-state index in [9.17, 15) is 0 Å². The lowest BCUT2D eigenvalue weighted by Crippen LogP contribution is -2.47. The van der Waals surface area contributed by atoms with Crippen LogP contribution in [0.25, 0.3) is 0 Å². The van der Waals surface area contributed by atoms with Gasteiger partial charge < -0.3 is 14.0 Å². The maximum atomic E-state index is 6.03. The molecule has 0 aromatic heterocycles. The van der Waals surface area contributed by atoms with Gasteiger partial charge >= 0.3 is 7.12 Å². The highest BCUT2D eigenvalue weighted by Crippen LogP contribution is 2.20. The summed E-state index contributed by atoms with van der Waals surface area (Å²) in [4.78, 5) is 0. The quantitative estimate of drug-likeness (QED) is 0.620. The number of hydrogen-bond donors (Lipinski definition) is 0. The number of unbranched alkanes of at least 4 members (excludes halogenated alkanes) is 1. The molecular weight excluding hydrogens is 299 g/mol.